The summed E-state index contributed by atoms with van der Waals surface area (Å²) in [6.07, 6.45) is 0. The van der Waals surface area contributed by atoms with Crippen molar-refractivity contribution >= 4 is 38.1 Å². The Kier molecular flexibility index (Phi) is 4.60. The van der Waals surface area contributed by atoms with Gasteiger partial charge in [-0.25, -0.2) is 4.98 Å². The van der Waals surface area contributed by atoms with E-state index in [0.717, 1.165) is 26.6 Å². The molecule has 0 atom stereocenters. The van der Waals surface area contributed by atoms with Crippen LogP contribution in [-0.4, -0.2) is 10.7 Å². The quantitative estimate of drug-likeness (QED) is 0.593. The van der Waals surface area contributed by atoms with Crippen molar-refractivity contribution in [1.82, 2.24) is 4.98 Å². The van der Waals surface area contributed by atoms with Gasteiger partial charge in [0.1, 0.15) is 0 Å². The number of nitrogens with zero attached hydrogens (tertiary/aromatic N) is 2. The molecule has 5 heteroatoms. The average molecular weight is 352 g/mol. The third-order valence-electron chi connectivity index (χ3n) is 3.05. The molecule has 2 rings (SSSR count). The largest absolute Gasteiger partial charge is 0.253 e. The lowest BCUT2D eigenvalue weighted by atomic mass is 9.91. The number of rotatable bonds is 3. The molecule has 1 aromatic carbocycles. The second-order valence-corrected chi connectivity index (χ2v) is 7.38. The molecule has 0 saturated heterocycles. The molecule has 0 amide bonds. The van der Waals surface area contributed by atoms with Crippen LogP contribution in [0.2, 0.25) is 0 Å². The Bertz CT molecular complexity index is 609. The third kappa shape index (κ3) is 3.90. The molecule has 0 aliphatic rings. The van der Waals surface area contributed by atoms with Gasteiger partial charge in [-0.2, -0.15) is 5.10 Å². The number of nitrogens with one attached hydrogen (secondary N) is 1. The molecule has 0 aliphatic carbocycles. The van der Waals surface area contributed by atoms with E-state index in [1.165, 1.54) is 0 Å². The highest BCUT2D eigenvalue weighted by atomic mass is 79.9. The number of hydrazone groups is 1. The van der Waals surface area contributed by atoms with E-state index in [-0.39, 0.29) is 5.41 Å². The van der Waals surface area contributed by atoms with Crippen molar-refractivity contribution in [3.05, 3.63) is 34.1 Å². The summed E-state index contributed by atoms with van der Waals surface area (Å²) in [5, 5.41) is 7.24. The second-order valence-electron chi connectivity index (χ2n) is 5.60. The van der Waals surface area contributed by atoms with Gasteiger partial charge < -0.3 is 0 Å². The molecule has 0 bridgehead atoms. The molecule has 0 radical (unpaired) electrons. The van der Waals surface area contributed by atoms with E-state index >= 15 is 0 Å². The van der Waals surface area contributed by atoms with Gasteiger partial charge in [-0.15, -0.1) is 11.3 Å². The van der Waals surface area contributed by atoms with Gasteiger partial charge in [-0.1, -0.05) is 48.8 Å². The highest BCUT2D eigenvalue weighted by Gasteiger charge is 2.14. The number of hydrogen-bond acceptors (Lipinski definition) is 4. The van der Waals surface area contributed by atoms with Crippen molar-refractivity contribution in [3.63, 3.8) is 0 Å². The van der Waals surface area contributed by atoms with Crippen molar-refractivity contribution in [2.75, 3.05) is 5.43 Å². The number of anilines is 1. The SMILES string of the molecule is C/C(=N/Nc1nc(-c2ccc(Br)cc2)cs1)C(C)(C)C. The van der Waals surface area contributed by atoms with E-state index in [0.29, 0.717) is 0 Å². The minimum Gasteiger partial charge on any atom is -0.253 e. The summed E-state index contributed by atoms with van der Waals surface area (Å²) in [4.78, 5) is 4.55. The predicted octanol–water partition coefficient (Wildman–Crippen LogP) is 5.41. The molecule has 0 unspecified atom stereocenters. The van der Waals surface area contributed by atoms with E-state index in [1.54, 1.807) is 11.3 Å². The second kappa shape index (κ2) is 6.06. The first kappa shape index (κ1) is 15.2. The summed E-state index contributed by atoms with van der Waals surface area (Å²) >= 11 is 4.99. The molecule has 0 spiro atoms. The standard InChI is InChI=1S/C15H18BrN3S/c1-10(15(2,3)4)18-19-14-17-13(9-20-14)11-5-7-12(16)8-6-11/h5-9H,1-4H3,(H,17,19)/b18-10-. The fourth-order valence-electron chi connectivity index (χ4n) is 1.38. The van der Waals surface area contributed by atoms with E-state index < -0.39 is 0 Å². The molecule has 0 saturated carbocycles. The van der Waals surface area contributed by atoms with E-state index in [2.05, 4.69) is 52.2 Å². The van der Waals surface area contributed by atoms with Crippen molar-refractivity contribution in [3.8, 4) is 11.3 Å². The fourth-order valence-corrected chi connectivity index (χ4v) is 2.30. The van der Waals surface area contributed by atoms with Gasteiger partial charge >= 0.3 is 0 Å². The van der Waals surface area contributed by atoms with Crippen LogP contribution in [0.5, 0.6) is 0 Å². The first-order valence-electron chi connectivity index (χ1n) is 6.38. The number of halogens is 1. The Morgan fingerprint density at radius 2 is 1.90 bits per heavy atom. The lowest BCUT2D eigenvalue weighted by Crippen LogP contribution is -2.18. The van der Waals surface area contributed by atoms with Gasteiger partial charge in [-0.05, 0) is 19.1 Å². The molecule has 1 aromatic heterocycles. The lowest BCUT2D eigenvalue weighted by Gasteiger charge is -2.17. The summed E-state index contributed by atoms with van der Waals surface area (Å²) in [5.41, 5.74) is 6.23. The minimum absolute atomic E-state index is 0.0683. The van der Waals surface area contributed by atoms with Crippen LogP contribution in [0.4, 0.5) is 5.13 Å². The van der Waals surface area contributed by atoms with E-state index in [9.17, 15) is 0 Å². The summed E-state index contributed by atoms with van der Waals surface area (Å²) < 4.78 is 1.07. The molecule has 1 heterocycles. The molecule has 3 nitrogen and oxygen atoms in total. The van der Waals surface area contributed by atoms with Gasteiger partial charge in [0.05, 0.1) is 5.69 Å². The molecule has 1 N–H and O–H groups in total. The Labute approximate surface area is 132 Å². The first-order chi connectivity index (χ1) is 9.36. The maximum Gasteiger partial charge on any atom is 0.203 e. The van der Waals surface area contributed by atoms with Gasteiger partial charge in [0.15, 0.2) is 0 Å². The highest BCUT2D eigenvalue weighted by molar-refractivity contribution is 9.10. The number of benzene rings is 1. The van der Waals surface area contributed by atoms with Crippen molar-refractivity contribution in [2.45, 2.75) is 27.7 Å². The number of aromatic nitrogens is 1. The van der Waals surface area contributed by atoms with Crippen LogP contribution < -0.4 is 5.43 Å². The molecule has 20 heavy (non-hydrogen) atoms. The predicted molar refractivity (Wildman–Crippen MR) is 91.4 cm³/mol. The van der Waals surface area contributed by atoms with Crippen LogP contribution in [-0.2, 0) is 0 Å². The molecule has 2 aromatic rings. The molecule has 0 fully saturated rings. The number of thiazole rings is 1. The monoisotopic (exact) mass is 351 g/mol. The zero-order valence-electron chi connectivity index (χ0n) is 12.1. The smallest absolute Gasteiger partial charge is 0.203 e. The summed E-state index contributed by atoms with van der Waals surface area (Å²) in [5.74, 6) is 0. The number of hydrogen-bond donors (Lipinski definition) is 1. The van der Waals surface area contributed by atoms with Crippen LogP contribution in [0.15, 0.2) is 39.2 Å². The van der Waals surface area contributed by atoms with Gasteiger partial charge in [-0.3, -0.25) is 5.43 Å². The van der Waals surface area contributed by atoms with Crippen LogP contribution in [0.1, 0.15) is 27.7 Å². The third-order valence-corrected chi connectivity index (χ3v) is 4.32. The lowest BCUT2D eigenvalue weighted by molar-refractivity contribution is 0.587. The minimum atomic E-state index is 0.0683. The topological polar surface area (TPSA) is 37.3 Å². The highest BCUT2D eigenvalue weighted by Crippen LogP contribution is 2.26. The van der Waals surface area contributed by atoms with Crippen molar-refractivity contribution in [1.29, 1.82) is 0 Å². The van der Waals surface area contributed by atoms with Gasteiger partial charge in [0.25, 0.3) is 0 Å². The first-order valence-corrected chi connectivity index (χ1v) is 8.06. The molecular formula is C15H18BrN3S. The maximum absolute atomic E-state index is 4.55. The molecular weight excluding hydrogens is 334 g/mol. The zero-order chi connectivity index (χ0) is 14.8. The van der Waals surface area contributed by atoms with Crippen LogP contribution in [0, 0.1) is 5.41 Å². The Hall–Kier alpha value is -1.20. The van der Waals surface area contributed by atoms with Gasteiger partial charge in [0, 0.05) is 26.5 Å². The van der Waals surface area contributed by atoms with Crippen LogP contribution in [0.25, 0.3) is 11.3 Å². The average Bonchev–Trinajstić information content (AvgIpc) is 2.84. The molecule has 0 aliphatic heterocycles. The van der Waals surface area contributed by atoms with Gasteiger partial charge in [0.2, 0.25) is 5.13 Å². The normalized spacial score (nSPS) is 12.6. The van der Waals surface area contributed by atoms with Crippen LogP contribution in [0.3, 0.4) is 0 Å². The Balaban J connectivity index is 2.12. The Morgan fingerprint density at radius 3 is 2.50 bits per heavy atom. The fraction of sp³-hybridized carbons (Fsp3) is 0.333. The summed E-state index contributed by atoms with van der Waals surface area (Å²) in [6.45, 7) is 8.45. The van der Waals surface area contributed by atoms with Crippen LogP contribution >= 0.6 is 27.3 Å². The summed E-state index contributed by atoms with van der Waals surface area (Å²) in [6, 6.07) is 8.13. The van der Waals surface area contributed by atoms with E-state index in [1.807, 2.05) is 36.6 Å². The maximum atomic E-state index is 4.55. The summed E-state index contributed by atoms with van der Waals surface area (Å²) in [7, 11) is 0. The Morgan fingerprint density at radius 1 is 1.25 bits per heavy atom. The van der Waals surface area contributed by atoms with Crippen molar-refractivity contribution in [2.24, 2.45) is 10.5 Å². The van der Waals surface area contributed by atoms with E-state index in [4.69, 9.17) is 0 Å². The van der Waals surface area contributed by atoms with Crippen molar-refractivity contribution < 1.29 is 0 Å². The zero-order valence-corrected chi connectivity index (χ0v) is 14.5. The molecule has 106 valence electrons.